The van der Waals surface area contributed by atoms with Crippen LogP contribution in [-0.2, 0) is 4.74 Å². The molecular weight excluding hydrogens is 176 g/mol. The molecule has 2 heterocycles. The molecule has 2 rings (SSSR count). The van der Waals surface area contributed by atoms with Crippen molar-refractivity contribution in [3.63, 3.8) is 0 Å². The first-order valence-corrected chi connectivity index (χ1v) is 4.83. The zero-order chi connectivity index (χ0) is 8.23. The van der Waals surface area contributed by atoms with E-state index in [1.54, 1.807) is 17.3 Å². The largest absolute Gasteiger partial charge is 0.476 e. The summed E-state index contributed by atoms with van der Waals surface area (Å²) in [6.07, 6.45) is 0. The van der Waals surface area contributed by atoms with Gasteiger partial charge < -0.3 is 10.2 Å². The number of hydrogen-bond acceptors (Lipinski definition) is 6. The highest BCUT2D eigenvalue weighted by molar-refractivity contribution is 8.12. The van der Waals surface area contributed by atoms with Gasteiger partial charge in [-0.15, -0.1) is 16.9 Å². The molecule has 0 saturated heterocycles. The van der Waals surface area contributed by atoms with Crippen molar-refractivity contribution in [3.8, 4) is 0 Å². The van der Waals surface area contributed by atoms with Crippen LogP contribution in [0.2, 0.25) is 0 Å². The molecule has 0 aromatic rings. The van der Waals surface area contributed by atoms with Gasteiger partial charge in [0.15, 0.2) is 0 Å². The number of nitrogens with one attached hydrogen (secondary N) is 2. The third kappa shape index (κ3) is 1.63. The lowest BCUT2D eigenvalue weighted by Gasteiger charge is -2.23. The Morgan fingerprint density at radius 2 is 2.67 bits per heavy atom. The van der Waals surface area contributed by atoms with Crippen molar-refractivity contribution in [3.05, 3.63) is 0 Å². The van der Waals surface area contributed by atoms with Crippen molar-refractivity contribution in [1.29, 1.82) is 0 Å². The smallest absolute Gasteiger partial charge is 0.231 e. The van der Waals surface area contributed by atoms with Gasteiger partial charge in [-0.2, -0.15) is 5.10 Å². The number of nitrogens with zero attached hydrogens (tertiary/aromatic N) is 2. The average Bonchev–Trinajstić information content (AvgIpc) is 2.21. The highest BCUT2D eigenvalue weighted by Gasteiger charge is 2.20. The Morgan fingerprint density at radius 1 is 1.67 bits per heavy atom. The molecular formula is C6H10N4OS. The van der Waals surface area contributed by atoms with Gasteiger partial charge in [0.05, 0.1) is 12.1 Å². The maximum absolute atomic E-state index is 5.36. The van der Waals surface area contributed by atoms with E-state index in [-0.39, 0.29) is 6.04 Å². The van der Waals surface area contributed by atoms with Gasteiger partial charge in [0.25, 0.3) is 0 Å². The van der Waals surface area contributed by atoms with Crippen LogP contribution in [0.1, 0.15) is 0 Å². The Kier molecular flexibility index (Phi) is 2.36. The molecule has 0 aromatic carbocycles. The zero-order valence-corrected chi connectivity index (χ0v) is 7.30. The van der Waals surface area contributed by atoms with Gasteiger partial charge in [0.2, 0.25) is 5.90 Å². The molecule has 12 heavy (non-hydrogen) atoms. The summed E-state index contributed by atoms with van der Waals surface area (Å²) in [5, 5.41) is 7.98. The molecule has 1 atom stereocenters. The molecule has 0 amide bonds. The van der Waals surface area contributed by atoms with Crippen molar-refractivity contribution >= 4 is 23.2 Å². The highest BCUT2D eigenvalue weighted by Crippen LogP contribution is 2.07. The highest BCUT2D eigenvalue weighted by atomic mass is 32.2. The van der Waals surface area contributed by atoms with Gasteiger partial charge in [-0.05, 0) is 0 Å². The standard InChI is InChI=1S/C6H10N4OS/c1-2-11-6(10-7-1)5-3-12-4-8-9-5/h4-5,7,9H,1-3H2. The number of hydrogen-bond donors (Lipinski definition) is 2. The van der Waals surface area contributed by atoms with Gasteiger partial charge >= 0.3 is 0 Å². The summed E-state index contributed by atoms with van der Waals surface area (Å²) in [7, 11) is 0. The Hall–Kier alpha value is -0.910. The fourth-order valence-electron chi connectivity index (χ4n) is 1.01. The SMILES string of the molecule is C1=NNC(C2=NNCCO2)CS1. The first kappa shape index (κ1) is 7.72. The minimum absolute atomic E-state index is 0.118. The summed E-state index contributed by atoms with van der Waals surface area (Å²) in [6.45, 7) is 1.47. The summed E-state index contributed by atoms with van der Waals surface area (Å²) in [5.74, 6) is 1.63. The maximum atomic E-state index is 5.36. The Morgan fingerprint density at radius 3 is 3.33 bits per heavy atom. The third-order valence-corrected chi connectivity index (χ3v) is 2.35. The molecule has 0 bridgehead atoms. The Balaban J connectivity index is 1.98. The van der Waals surface area contributed by atoms with Crippen LogP contribution >= 0.6 is 11.8 Å². The predicted octanol–water partition coefficient (Wildman–Crippen LogP) is -0.432. The summed E-state index contributed by atoms with van der Waals surface area (Å²) in [5.41, 5.74) is 7.62. The van der Waals surface area contributed by atoms with Crippen molar-refractivity contribution in [2.24, 2.45) is 10.2 Å². The molecule has 6 heteroatoms. The molecule has 0 fully saturated rings. The summed E-state index contributed by atoms with van der Waals surface area (Å²) < 4.78 is 5.36. The molecule has 0 aliphatic carbocycles. The van der Waals surface area contributed by atoms with Crippen LogP contribution in [0.5, 0.6) is 0 Å². The van der Waals surface area contributed by atoms with Gasteiger partial charge in [-0.25, -0.2) is 0 Å². The first-order valence-electron chi connectivity index (χ1n) is 3.79. The van der Waals surface area contributed by atoms with Crippen molar-refractivity contribution in [2.75, 3.05) is 18.9 Å². The van der Waals surface area contributed by atoms with E-state index in [0.717, 1.165) is 12.3 Å². The van der Waals surface area contributed by atoms with Crippen LogP contribution in [0, 0.1) is 0 Å². The van der Waals surface area contributed by atoms with Crippen molar-refractivity contribution in [2.45, 2.75) is 6.04 Å². The molecule has 5 nitrogen and oxygen atoms in total. The normalized spacial score (nSPS) is 28.0. The van der Waals surface area contributed by atoms with Gasteiger partial charge in [-0.3, -0.25) is 5.43 Å². The van der Waals surface area contributed by atoms with Crippen molar-refractivity contribution in [1.82, 2.24) is 10.9 Å². The number of rotatable bonds is 1. The van der Waals surface area contributed by atoms with Crippen LogP contribution in [0.15, 0.2) is 10.2 Å². The number of thioether (sulfide) groups is 1. The van der Waals surface area contributed by atoms with E-state index >= 15 is 0 Å². The van der Waals surface area contributed by atoms with Gasteiger partial charge in [-0.1, -0.05) is 0 Å². The monoisotopic (exact) mass is 186 g/mol. The lowest BCUT2D eigenvalue weighted by Crippen LogP contribution is -2.43. The summed E-state index contributed by atoms with van der Waals surface area (Å²) in [6, 6.07) is 0.118. The van der Waals surface area contributed by atoms with Gasteiger partial charge in [0.1, 0.15) is 12.6 Å². The topological polar surface area (TPSA) is 58.0 Å². The quantitative estimate of drug-likeness (QED) is 0.583. The van der Waals surface area contributed by atoms with E-state index < -0.39 is 0 Å². The van der Waals surface area contributed by atoms with E-state index in [4.69, 9.17) is 4.74 Å². The first-order chi connectivity index (χ1) is 5.97. The Labute approximate surface area is 74.6 Å². The van der Waals surface area contributed by atoms with Crippen LogP contribution in [0.4, 0.5) is 0 Å². The van der Waals surface area contributed by atoms with E-state index in [2.05, 4.69) is 21.1 Å². The molecule has 2 aliphatic rings. The van der Waals surface area contributed by atoms with Crippen LogP contribution in [0.25, 0.3) is 0 Å². The van der Waals surface area contributed by atoms with Crippen molar-refractivity contribution < 1.29 is 4.74 Å². The predicted molar refractivity (Wildman–Crippen MR) is 49.3 cm³/mol. The van der Waals surface area contributed by atoms with E-state index in [9.17, 15) is 0 Å². The number of hydrazone groups is 2. The molecule has 66 valence electrons. The lowest BCUT2D eigenvalue weighted by molar-refractivity contribution is 0.261. The summed E-state index contributed by atoms with van der Waals surface area (Å²) in [4.78, 5) is 0. The number of ether oxygens (including phenoxy) is 1. The molecule has 0 aromatic heterocycles. The molecule has 1 unspecified atom stereocenters. The average molecular weight is 186 g/mol. The zero-order valence-electron chi connectivity index (χ0n) is 6.49. The second kappa shape index (κ2) is 3.66. The molecule has 2 aliphatic heterocycles. The molecule has 0 saturated carbocycles. The lowest BCUT2D eigenvalue weighted by atomic mass is 10.3. The second-order valence-electron chi connectivity index (χ2n) is 2.46. The maximum Gasteiger partial charge on any atom is 0.231 e. The minimum Gasteiger partial charge on any atom is -0.476 e. The molecule has 0 spiro atoms. The van der Waals surface area contributed by atoms with Crippen LogP contribution < -0.4 is 10.9 Å². The van der Waals surface area contributed by atoms with E-state index in [1.807, 2.05) is 0 Å². The minimum atomic E-state index is 0.118. The van der Waals surface area contributed by atoms with Crippen LogP contribution in [0.3, 0.4) is 0 Å². The van der Waals surface area contributed by atoms with Gasteiger partial charge in [0, 0.05) is 5.75 Å². The van der Waals surface area contributed by atoms with Crippen LogP contribution in [-0.4, -0.2) is 36.4 Å². The van der Waals surface area contributed by atoms with E-state index in [0.29, 0.717) is 12.5 Å². The fraction of sp³-hybridized carbons (Fsp3) is 0.667. The second-order valence-corrected chi connectivity index (χ2v) is 3.33. The fourth-order valence-corrected chi connectivity index (χ4v) is 1.64. The third-order valence-electron chi connectivity index (χ3n) is 1.57. The summed E-state index contributed by atoms with van der Waals surface area (Å²) >= 11 is 1.65. The Bertz CT molecular complexity index is 218. The molecule has 0 radical (unpaired) electrons. The van der Waals surface area contributed by atoms with E-state index in [1.165, 1.54) is 0 Å². The molecule has 2 N–H and O–H groups in total.